The number of hydrogen-bond donors (Lipinski definition) is 5. The average molecular weight is 449 g/mol. The first-order valence-corrected chi connectivity index (χ1v) is 9.70. The van der Waals surface area contributed by atoms with Gasteiger partial charge < -0.3 is 41.5 Å². The molecule has 0 aromatic heterocycles. The van der Waals surface area contributed by atoms with E-state index in [2.05, 4.69) is 15.6 Å². The second-order valence-electron chi connectivity index (χ2n) is 8.23. The Hall–Kier alpha value is -3.83. The zero-order chi connectivity index (χ0) is 24.1. The van der Waals surface area contributed by atoms with E-state index in [9.17, 15) is 24.3 Å². The number of nitrogens with zero attached hydrogens (tertiary/aromatic N) is 1. The molecule has 32 heavy (non-hydrogen) atoms. The van der Waals surface area contributed by atoms with Gasteiger partial charge in [-0.05, 0) is 38.5 Å². The molecule has 1 aromatic carbocycles. The fourth-order valence-corrected chi connectivity index (χ4v) is 2.93. The number of benzene rings is 1. The maximum atomic E-state index is 12.7. The van der Waals surface area contributed by atoms with Gasteiger partial charge >= 0.3 is 12.1 Å². The first kappa shape index (κ1) is 24.4. The van der Waals surface area contributed by atoms with Crippen molar-refractivity contribution in [1.82, 2.24) is 5.32 Å². The lowest BCUT2D eigenvalue weighted by atomic mass is 9.96. The van der Waals surface area contributed by atoms with E-state index in [1.54, 1.807) is 26.8 Å². The van der Waals surface area contributed by atoms with Crippen LogP contribution in [0.15, 0.2) is 23.2 Å². The Morgan fingerprint density at radius 2 is 2.06 bits per heavy atom. The summed E-state index contributed by atoms with van der Waals surface area (Å²) >= 11 is 0. The Bertz CT molecular complexity index is 937. The Morgan fingerprint density at radius 1 is 1.38 bits per heavy atom. The number of nitrogens with two attached hydrogens (primary N) is 2. The van der Waals surface area contributed by atoms with Crippen LogP contribution in [0.1, 0.15) is 32.8 Å². The zero-order valence-corrected chi connectivity index (χ0v) is 18.0. The van der Waals surface area contributed by atoms with E-state index in [0.29, 0.717) is 11.8 Å². The van der Waals surface area contributed by atoms with Crippen molar-refractivity contribution in [1.29, 1.82) is 0 Å². The van der Waals surface area contributed by atoms with Gasteiger partial charge in [-0.15, -0.1) is 0 Å². The molecule has 1 aliphatic rings. The topological polar surface area (TPSA) is 195 Å². The van der Waals surface area contributed by atoms with E-state index in [1.807, 2.05) is 0 Å². The van der Waals surface area contributed by atoms with E-state index in [0.717, 1.165) is 0 Å². The van der Waals surface area contributed by atoms with Crippen molar-refractivity contribution in [3.63, 3.8) is 0 Å². The van der Waals surface area contributed by atoms with Crippen LogP contribution >= 0.6 is 0 Å². The molecule has 0 aliphatic carbocycles. The van der Waals surface area contributed by atoms with Gasteiger partial charge in [-0.1, -0.05) is 6.07 Å². The van der Waals surface area contributed by atoms with Crippen molar-refractivity contribution < 1.29 is 33.8 Å². The Morgan fingerprint density at radius 3 is 2.62 bits per heavy atom. The van der Waals surface area contributed by atoms with E-state index in [1.165, 1.54) is 12.1 Å². The number of aliphatic imine (C=N–C) groups is 1. The number of aldehydes is 1. The van der Waals surface area contributed by atoms with Crippen LogP contribution in [0.4, 0.5) is 10.5 Å². The minimum atomic E-state index is -1.61. The SMILES string of the molecule is CC(C)(C)OC(=O)N[C@@H](Cc1ccc2c(c1)NC(=O)[C@@](CC=O)(CN=C(N)N)O2)C(=O)O. The summed E-state index contributed by atoms with van der Waals surface area (Å²) in [6, 6.07) is 3.35. The van der Waals surface area contributed by atoms with Crippen molar-refractivity contribution in [3.05, 3.63) is 23.8 Å². The molecule has 0 spiro atoms. The lowest BCUT2D eigenvalue weighted by Gasteiger charge is -2.35. The van der Waals surface area contributed by atoms with Crippen molar-refractivity contribution in [2.45, 2.75) is 50.9 Å². The van der Waals surface area contributed by atoms with Crippen molar-refractivity contribution in [2.75, 3.05) is 11.9 Å². The molecule has 0 fully saturated rings. The zero-order valence-electron chi connectivity index (χ0n) is 18.0. The largest absolute Gasteiger partial charge is 0.480 e. The summed E-state index contributed by atoms with van der Waals surface area (Å²) in [7, 11) is 0. The smallest absolute Gasteiger partial charge is 0.408 e. The van der Waals surface area contributed by atoms with E-state index >= 15 is 0 Å². The molecule has 1 heterocycles. The highest BCUT2D eigenvalue weighted by Gasteiger charge is 2.44. The summed E-state index contributed by atoms with van der Waals surface area (Å²) in [6.07, 6.45) is -0.693. The number of carbonyl (C=O) groups excluding carboxylic acids is 3. The van der Waals surface area contributed by atoms with Crippen molar-refractivity contribution in [3.8, 4) is 5.75 Å². The Kier molecular flexibility index (Phi) is 7.28. The van der Waals surface area contributed by atoms with E-state index in [-0.39, 0.29) is 36.8 Å². The first-order valence-electron chi connectivity index (χ1n) is 9.70. The molecule has 0 unspecified atom stereocenters. The van der Waals surface area contributed by atoms with Gasteiger partial charge in [0.15, 0.2) is 5.96 Å². The molecule has 1 aliphatic heterocycles. The van der Waals surface area contributed by atoms with Crippen LogP contribution in [0, 0.1) is 0 Å². The first-order chi connectivity index (χ1) is 14.8. The standard InChI is InChI=1S/C20H27N5O7/c1-19(2,3)32-18(30)25-13(15(27)28)9-11-4-5-14-12(8-11)24-16(29)20(31-14,6-7-26)10-23-17(21)22/h4-5,7-8,13H,6,9-10H2,1-3H3,(H,24,29)(H,25,30)(H,27,28)(H4,21,22,23)/t13-,20+/m0/s1. The number of carboxylic acid groups (broad SMARTS) is 1. The normalized spacial score (nSPS) is 18.3. The van der Waals surface area contributed by atoms with Gasteiger partial charge in [-0.2, -0.15) is 0 Å². The fraction of sp³-hybridized carbons (Fsp3) is 0.450. The molecule has 0 saturated heterocycles. The molecule has 174 valence electrons. The molecule has 12 nitrogen and oxygen atoms in total. The molecule has 0 radical (unpaired) electrons. The second-order valence-corrected chi connectivity index (χ2v) is 8.23. The molecule has 0 saturated carbocycles. The third-order valence-electron chi connectivity index (χ3n) is 4.37. The van der Waals surface area contributed by atoms with E-state index < -0.39 is 35.2 Å². The molecule has 2 rings (SSSR count). The monoisotopic (exact) mass is 449 g/mol. The number of hydrogen-bond acceptors (Lipinski definition) is 7. The fourth-order valence-electron chi connectivity index (χ4n) is 2.93. The number of carbonyl (C=O) groups is 4. The number of amides is 2. The van der Waals surface area contributed by atoms with Gasteiger partial charge in [0.25, 0.3) is 5.91 Å². The lowest BCUT2D eigenvalue weighted by molar-refractivity contribution is -0.139. The maximum Gasteiger partial charge on any atom is 0.408 e. The Labute approximate surface area is 184 Å². The minimum absolute atomic E-state index is 0.0782. The van der Waals surface area contributed by atoms with Gasteiger partial charge in [-0.25, -0.2) is 14.6 Å². The quantitative estimate of drug-likeness (QED) is 0.208. The number of alkyl carbamates (subject to hydrolysis) is 1. The highest BCUT2D eigenvalue weighted by atomic mass is 16.6. The molecule has 2 atom stereocenters. The van der Waals surface area contributed by atoms with Crippen LogP contribution in [0.3, 0.4) is 0 Å². The van der Waals surface area contributed by atoms with E-state index in [4.69, 9.17) is 20.9 Å². The maximum absolute atomic E-state index is 12.7. The lowest BCUT2D eigenvalue weighted by Crippen LogP contribution is -2.54. The van der Waals surface area contributed by atoms with Crippen LogP contribution in [-0.2, 0) is 25.5 Å². The van der Waals surface area contributed by atoms with Crippen LogP contribution in [0.25, 0.3) is 0 Å². The highest BCUT2D eigenvalue weighted by molar-refractivity contribution is 6.02. The van der Waals surface area contributed by atoms with Crippen LogP contribution in [0.2, 0.25) is 0 Å². The summed E-state index contributed by atoms with van der Waals surface area (Å²) in [5.74, 6) is -1.88. The van der Waals surface area contributed by atoms with Crippen molar-refractivity contribution >= 4 is 35.9 Å². The molecule has 7 N–H and O–H groups in total. The van der Waals surface area contributed by atoms with Gasteiger partial charge in [0.2, 0.25) is 5.60 Å². The summed E-state index contributed by atoms with van der Waals surface area (Å²) < 4.78 is 10.9. The number of aliphatic carboxylic acids is 1. The summed E-state index contributed by atoms with van der Waals surface area (Å²) in [4.78, 5) is 51.2. The average Bonchev–Trinajstić information content (AvgIpc) is 2.65. The number of fused-ring (bicyclic) bond motifs is 1. The molecule has 12 heteroatoms. The van der Waals surface area contributed by atoms with Gasteiger partial charge in [0, 0.05) is 6.42 Å². The number of rotatable bonds is 8. The third-order valence-corrected chi connectivity index (χ3v) is 4.37. The molecular weight excluding hydrogens is 422 g/mol. The van der Waals surface area contributed by atoms with Crippen LogP contribution in [0.5, 0.6) is 5.75 Å². The summed E-state index contributed by atoms with van der Waals surface area (Å²) in [5.41, 5.74) is 9.05. The third kappa shape index (κ3) is 6.33. The summed E-state index contributed by atoms with van der Waals surface area (Å²) in [5, 5.41) is 14.4. The summed E-state index contributed by atoms with van der Waals surface area (Å²) in [6.45, 7) is 4.72. The molecule has 0 bridgehead atoms. The molecule has 1 aromatic rings. The number of guanidine groups is 1. The molecular formula is C20H27N5O7. The van der Waals surface area contributed by atoms with Gasteiger partial charge in [0.05, 0.1) is 18.7 Å². The van der Waals surface area contributed by atoms with Gasteiger partial charge in [0.1, 0.15) is 23.7 Å². The number of anilines is 1. The predicted molar refractivity (Wildman–Crippen MR) is 114 cm³/mol. The van der Waals surface area contributed by atoms with Gasteiger partial charge in [-0.3, -0.25) is 4.79 Å². The second kappa shape index (κ2) is 9.54. The van der Waals surface area contributed by atoms with Crippen LogP contribution in [-0.4, -0.2) is 59.1 Å². The predicted octanol–water partition coefficient (Wildman–Crippen LogP) is 0.139. The Balaban J connectivity index is 2.22. The highest BCUT2D eigenvalue weighted by Crippen LogP contribution is 2.36. The molecule has 2 amide bonds. The number of carboxylic acids is 1. The van der Waals surface area contributed by atoms with Crippen LogP contribution < -0.4 is 26.8 Å². The minimum Gasteiger partial charge on any atom is -0.480 e. The number of nitrogens with one attached hydrogen (secondary N) is 2. The number of ether oxygens (including phenoxy) is 2. The van der Waals surface area contributed by atoms with Crippen molar-refractivity contribution in [2.24, 2.45) is 16.5 Å².